The first-order valence-electron chi connectivity index (χ1n) is 5.22. The maximum absolute atomic E-state index is 11.5. The molecule has 13 heavy (non-hydrogen) atoms. The maximum atomic E-state index is 11.5. The molecule has 1 heterocycles. The first-order valence-corrected chi connectivity index (χ1v) is 5.22. The Hall–Kier alpha value is -0.570. The van der Waals surface area contributed by atoms with Gasteiger partial charge in [0, 0.05) is 13.1 Å². The molecule has 0 aliphatic carbocycles. The number of hydrogen-bond acceptors (Lipinski definition) is 2. The molecule has 1 saturated heterocycles. The molecule has 76 valence electrons. The van der Waals surface area contributed by atoms with E-state index in [0.29, 0.717) is 6.54 Å². The average Bonchev–Trinajstić information content (AvgIpc) is 2.15. The van der Waals surface area contributed by atoms with Crippen molar-refractivity contribution in [1.29, 1.82) is 0 Å². The molecule has 1 N–H and O–H groups in total. The van der Waals surface area contributed by atoms with Gasteiger partial charge in [0.25, 0.3) is 0 Å². The zero-order chi connectivity index (χ0) is 9.68. The van der Waals surface area contributed by atoms with Gasteiger partial charge >= 0.3 is 0 Å². The van der Waals surface area contributed by atoms with Crippen LogP contribution in [0.4, 0.5) is 0 Å². The summed E-state index contributed by atoms with van der Waals surface area (Å²) in [6.45, 7) is 7.55. The van der Waals surface area contributed by atoms with Gasteiger partial charge in [0.1, 0.15) is 0 Å². The number of nitrogens with one attached hydrogen (secondary N) is 1. The molecular weight excluding hydrogens is 164 g/mol. The van der Waals surface area contributed by atoms with Crippen LogP contribution in [0.15, 0.2) is 0 Å². The molecule has 1 fully saturated rings. The Morgan fingerprint density at radius 2 is 2.08 bits per heavy atom. The van der Waals surface area contributed by atoms with Gasteiger partial charge in [-0.3, -0.25) is 4.79 Å². The van der Waals surface area contributed by atoms with E-state index in [2.05, 4.69) is 12.2 Å². The first kappa shape index (κ1) is 10.5. The Morgan fingerprint density at radius 3 is 2.62 bits per heavy atom. The van der Waals surface area contributed by atoms with Crippen LogP contribution in [0.1, 0.15) is 26.7 Å². The number of likely N-dealkylation sites (N-methyl/N-ethyl adjacent to an activating group) is 1. The molecule has 0 aromatic heterocycles. The highest BCUT2D eigenvalue weighted by molar-refractivity contribution is 5.78. The number of nitrogens with zero attached hydrogens (tertiary/aromatic N) is 1. The topological polar surface area (TPSA) is 32.3 Å². The predicted octanol–water partition coefficient (Wildman–Crippen LogP) is 0.854. The van der Waals surface area contributed by atoms with Gasteiger partial charge in [-0.25, -0.2) is 0 Å². The van der Waals surface area contributed by atoms with Gasteiger partial charge in [-0.15, -0.1) is 0 Å². The van der Waals surface area contributed by atoms with E-state index in [9.17, 15) is 4.79 Å². The first-order chi connectivity index (χ1) is 6.24. The molecular formula is C10H20N2O. The van der Waals surface area contributed by atoms with Gasteiger partial charge in [0.15, 0.2) is 0 Å². The van der Waals surface area contributed by atoms with Gasteiger partial charge < -0.3 is 10.2 Å². The van der Waals surface area contributed by atoms with Crippen molar-refractivity contribution in [2.24, 2.45) is 5.92 Å². The van der Waals surface area contributed by atoms with Crippen LogP contribution in [-0.2, 0) is 4.79 Å². The van der Waals surface area contributed by atoms with Gasteiger partial charge in [0.05, 0.1) is 6.54 Å². The number of carbonyl (C=O) groups excluding carboxylic acids is 1. The number of likely N-dealkylation sites (tertiary alicyclic amines) is 1. The minimum absolute atomic E-state index is 0.258. The van der Waals surface area contributed by atoms with E-state index in [0.717, 1.165) is 38.4 Å². The second-order valence-corrected chi connectivity index (χ2v) is 3.84. The van der Waals surface area contributed by atoms with E-state index >= 15 is 0 Å². The molecule has 1 aliphatic rings. The lowest BCUT2D eigenvalue weighted by molar-refractivity contribution is -0.131. The smallest absolute Gasteiger partial charge is 0.236 e. The highest BCUT2D eigenvalue weighted by Gasteiger charge is 2.19. The second kappa shape index (κ2) is 5.22. The Balaban J connectivity index is 2.23. The Kier molecular flexibility index (Phi) is 4.22. The third kappa shape index (κ3) is 3.35. The van der Waals surface area contributed by atoms with Gasteiger partial charge in [0.2, 0.25) is 5.91 Å². The molecule has 0 atom stereocenters. The Labute approximate surface area is 80.5 Å². The summed E-state index contributed by atoms with van der Waals surface area (Å²) in [7, 11) is 0. The van der Waals surface area contributed by atoms with Crippen molar-refractivity contribution in [3.8, 4) is 0 Å². The van der Waals surface area contributed by atoms with Crippen molar-refractivity contribution in [1.82, 2.24) is 10.2 Å². The lowest BCUT2D eigenvalue weighted by atomic mass is 9.99. The highest BCUT2D eigenvalue weighted by atomic mass is 16.2. The summed E-state index contributed by atoms with van der Waals surface area (Å²) < 4.78 is 0. The number of carbonyl (C=O) groups is 1. The number of piperidine rings is 1. The summed E-state index contributed by atoms with van der Waals surface area (Å²) in [5.74, 6) is 1.05. The molecule has 0 aromatic rings. The minimum Gasteiger partial charge on any atom is -0.342 e. The molecule has 0 unspecified atom stereocenters. The van der Waals surface area contributed by atoms with E-state index in [1.165, 1.54) is 0 Å². The molecule has 1 amide bonds. The average molecular weight is 184 g/mol. The van der Waals surface area contributed by atoms with E-state index in [4.69, 9.17) is 0 Å². The number of hydrogen-bond donors (Lipinski definition) is 1. The Bertz CT molecular complexity index is 162. The quantitative estimate of drug-likeness (QED) is 0.705. The molecule has 0 aromatic carbocycles. The summed E-state index contributed by atoms with van der Waals surface area (Å²) in [6, 6.07) is 0. The van der Waals surface area contributed by atoms with Crippen LogP contribution >= 0.6 is 0 Å². The van der Waals surface area contributed by atoms with Crippen LogP contribution in [-0.4, -0.2) is 37.0 Å². The monoisotopic (exact) mass is 184 g/mol. The zero-order valence-corrected chi connectivity index (χ0v) is 8.68. The van der Waals surface area contributed by atoms with E-state index in [1.807, 2.05) is 11.8 Å². The molecule has 0 saturated carbocycles. The van der Waals surface area contributed by atoms with Gasteiger partial charge in [-0.05, 0) is 25.3 Å². The van der Waals surface area contributed by atoms with Crippen LogP contribution < -0.4 is 5.32 Å². The molecule has 1 rings (SSSR count). The van der Waals surface area contributed by atoms with Crippen LogP contribution in [0.3, 0.4) is 0 Å². The van der Waals surface area contributed by atoms with Gasteiger partial charge in [-0.1, -0.05) is 13.8 Å². The molecule has 0 spiro atoms. The summed E-state index contributed by atoms with van der Waals surface area (Å²) in [6.07, 6.45) is 2.33. The lowest BCUT2D eigenvalue weighted by Crippen LogP contribution is -2.42. The summed E-state index contributed by atoms with van der Waals surface area (Å²) in [5.41, 5.74) is 0. The molecule has 3 nitrogen and oxygen atoms in total. The number of rotatable bonds is 3. The van der Waals surface area contributed by atoms with Crippen molar-refractivity contribution < 1.29 is 4.79 Å². The molecule has 1 aliphatic heterocycles. The SMILES string of the molecule is CCNCC(=O)N1CCC(C)CC1. The standard InChI is InChI=1S/C10H20N2O/c1-3-11-8-10(13)12-6-4-9(2)5-7-12/h9,11H,3-8H2,1-2H3. The third-order valence-electron chi connectivity index (χ3n) is 2.66. The summed E-state index contributed by atoms with van der Waals surface area (Å²) >= 11 is 0. The van der Waals surface area contributed by atoms with Crippen molar-refractivity contribution in [2.45, 2.75) is 26.7 Å². The minimum atomic E-state index is 0.258. The lowest BCUT2D eigenvalue weighted by Gasteiger charge is -2.30. The molecule has 0 radical (unpaired) electrons. The van der Waals surface area contributed by atoms with E-state index in [1.54, 1.807) is 0 Å². The largest absolute Gasteiger partial charge is 0.342 e. The summed E-state index contributed by atoms with van der Waals surface area (Å²) in [4.78, 5) is 13.5. The third-order valence-corrected chi connectivity index (χ3v) is 2.66. The summed E-state index contributed by atoms with van der Waals surface area (Å²) in [5, 5.41) is 3.07. The Morgan fingerprint density at radius 1 is 1.46 bits per heavy atom. The van der Waals surface area contributed by atoms with E-state index < -0.39 is 0 Å². The van der Waals surface area contributed by atoms with Crippen LogP contribution in [0.5, 0.6) is 0 Å². The van der Waals surface area contributed by atoms with E-state index in [-0.39, 0.29) is 5.91 Å². The normalized spacial score (nSPS) is 19.1. The number of amides is 1. The van der Waals surface area contributed by atoms with Crippen molar-refractivity contribution in [3.05, 3.63) is 0 Å². The second-order valence-electron chi connectivity index (χ2n) is 3.84. The zero-order valence-electron chi connectivity index (χ0n) is 8.68. The highest BCUT2D eigenvalue weighted by Crippen LogP contribution is 2.15. The van der Waals surface area contributed by atoms with Crippen LogP contribution in [0.25, 0.3) is 0 Å². The fourth-order valence-corrected chi connectivity index (χ4v) is 1.60. The fraction of sp³-hybridized carbons (Fsp3) is 0.900. The van der Waals surface area contributed by atoms with Crippen LogP contribution in [0.2, 0.25) is 0 Å². The fourth-order valence-electron chi connectivity index (χ4n) is 1.60. The molecule has 3 heteroatoms. The van der Waals surface area contributed by atoms with Crippen LogP contribution in [0, 0.1) is 5.92 Å². The maximum Gasteiger partial charge on any atom is 0.236 e. The molecule has 0 bridgehead atoms. The van der Waals surface area contributed by atoms with Crippen molar-refractivity contribution in [3.63, 3.8) is 0 Å². The predicted molar refractivity (Wildman–Crippen MR) is 53.5 cm³/mol. The van der Waals surface area contributed by atoms with Gasteiger partial charge in [-0.2, -0.15) is 0 Å². The van der Waals surface area contributed by atoms with Crippen molar-refractivity contribution in [2.75, 3.05) is 26.2 Å². The van der Waals surface area contributed by atoms with Crippen molar-refractivity contribution >= 4 is 5.91 Å².